The number of hydrogen-bond donors (Lipinski definition) is 5. The minimum absolute atomic E-state index is 0.168. The molecule has 4 rings (SSSR count). The molecule has 31 heavy (non-hydrogen) atoms. The first-order valence-electron chi connectivity index (χ1n) is 11.1. The zero-order chi connectivity index (χ0) is 23.3. The molecule has 0 amide bonds. The second-order valence-electron chi connectivity index (χ2n) is 10.9. The van der Waals surface area contributed by atoms with E-state index in [-0.39, 0.29) is 24.3 Å². The molecule has 0 aliphatic heterocycles. The normalized spacial score (nSPS) is 51.1. The van der Waals surface area contributed by atoms with Crippen LogP contribution in [0.3, 0.4) is 0 Å². The molecule has 5 N–H and O–H groups in total. The fourth-order valence-electron chi connectivity index (χ4n) is 7.32. The number of Topliss-reactive ketones (excluding diaryl/α,β-unsaturated/α-hetero) is 1. The van der Waals surface area contributed by atoms with Crippen molar-refractivity contribution in [2.24, 2.45) is 22.7 Å². The summed E-state index contributed by atoms with van der Waals surface area (Å²) >= 11 is 0. The number of aliphatic hydroxyl groups is 5. The van der Waals surface area contributed by atoms with E-state index in [1.54, 1.807) is 20.8 Å². The summed E-state index contributed by atoms with van der Waals surface area (Å²) in [6, 6.07) is 0. The van der Waals surface area contributed by atoms with Gasteiger partial charge in [-0.3, -0.25) is 9.59 Å². The van der Waals surface area contributed by atoms with Gasteiger partial charge in [0.25, 0.3) is 0 Å². The van der Waals surface area contributed by atoms with E-state index in [4.69, 9.17) is 4.74 Å². The Bertz CT molecular complexity index is 864. The van der Waals surface area contributed by atoms with Crippen LogP contribution < -0.4 is 0 Å². The van der Waals surface area contributed by atoms with Crippen molar-refractivity contribution in [1.29, 1.82) is 0 Å². The topological polar surface area (TPSA) is 145 Å². The van der Waals surface area contributed by atoms with Crippen molar-refractivity contribution in [2.75, 3.05) is 0 Å². The summed E-state index contributed by atoms with van der Waals surface area (Å²) in [5, 5.41) is 56.8. The predicted molar refractivity (Wildman–Crippen MR) is 109 cm³/mol. The number of hydrogen-bond acceptors (Lipinski definition) is 8. The van der Waals surface area contributed by atoms with Gasteiger partial charge in [-0.25, -0.2) is 0 Å². The van der Waals surface area contributed by atoms with Gasteiger partial charge >= 0.3 is 5.97 Å². The van der Waals surface area contributed by atoms with Gasteiger partial charge in [-0.1, -0.05) is 13.8 Å². The third-order valence-electron chi connectivity index (χ3n) is 9.32. The molecule has 8 nitrogen and oxygen atoms in total. The van der Waals surface area contributed by atoms with Crippen molar-refractivity contribution in [2.45, 2.75) is 95.9 Å². The molecule has 4 aliphatic rings. The van der Waals surface area contributed by atoms with Crippen LogP contribution in [0.1, 0.15) is 60.3 Å². The molecule has 2 bridgehead atoms. The number of esters is 1. The van der Waals surface area contributed by atoms with E-state index < -0.39 is 64.1 Å². The number of rotatable bonds is 1. The summed E-state index contributed by atoms with van der Waals surface area (Å²) in [6.45, 7) is 7.61. The second-order valence-corrected chi connectivity index (χ2v) is 10.9. The van der Waals surface area contributed by atoms with E-state index in [0.29, 0.717) is 18.4 Å². The third-order valence-corrected chi connectivity index (χ3v) is 9.32. The average molecular weight is 439 g/mol. The summed E-state index contributed by atoms with van der Waals surface area (Å²) < 4.78 is 5.78. The number of aliphatic hydroxyl groups excluding tert-OH is 4. The van der Waals surface area contributed by atoms with Gasteiger partial charge < -0.3 is 30.3 Å². The molecule has 0 radical (unpaired) electrons. The standard InChI is InChI=1S/C23H34O8/c1-10-13(25)9-23(30)19(29)17-21(5,18(28)16(27)15(10)20(23,3)4)14(26)8-12-6-7-22(12,17)31-11(2)24/h12-14,16-17,19,25-27,29-30H,6-9H2,1-5H3/t12-,13+,14+,16-,17+,19+,21-,22+,23-/m1/s1. The van der Waals surface area contributed by atoms with Crippen molar-refractivity contribution in [3.63, 3.8) is 0 Å². The highest BCUT2D eigenvalue weighted by atomic mass is 16.6. The van der Waals surface area contributed by atoms with Gasteiger partial charge in [0, 0.05) is 30.6 Å². The van der Waals surface area contributed by atoms with Gasteiger partial charge in [-0.15, -0.1) is 0 Å². The first-order chi connectivity index (χ1) is 14.2. The molecular weight excluding hydrogens is 404 g/mol. The van der Waals surface area contributed by atoms with E-state index >= 15 is 0 Å². The van der Waals surface area contributed by atoms with Crippen LogP contribution in [0.15, 0.2) is 11.1 Å². The van der Waals surface area contributed by atoms with Crippen molar-refractivity contribution in [1.82, 2.24) is 0 Å². The average Bonchev–Trinajstić information content (AvgIpc) is 2.65. The van der Waals surface area contributed by atoms with Gasteiger partial charge in [0.15, 0.2) is 5.78 Å². The lowest BCUT2D eigenvalue weighted by Crippen LogP contribution is -2.78. The minimum Gasteiger partial charge on any atom is -0.459 e. The quantitative estimate of drug-likeness (QED) is 0.289. The number of ether oxygens (including phenoxy) is 1. The number of carbonyl (C=O) groups excluding carboxylic acids is 2. The van der Waals surface area contributed by atoms with Gasteiger partial charge in [-0.2, -0.15) is 0 Å². The van der Waals surface area contributed by atoms with Crippen LogP contribution in [-0.4, -0.2) is 72.9 Å². The van der Waals surface area contributed by atoms with Crippen molar-refractivity contribution >= 4 is 11.8 Å². The summed E-state index contributed by atoms with van der Waals surface area (Å²) in [5.74, 6) is -2.69. The number of fused-ring (bicyclic) bond motifs is 5. The molecule has 0 spiro atoms. The fraction of sp³-hybridized carbons (Fsp3) is 0.826. The van der Waals surface area contributed by atoms with Crippen molar-refractivity contribution in [3.05, 3.63) is 11.1 Å². The first kappa shape index (κ1) is 22.9. The molecule has 9 atom stereocenters. The molecule has 174 valence electrons. The van der Waals surface area contributed by atoms with Crippen molar-refractivity contribution in [3.8, 4) is 0 Å². The summed E-state index contributed by atoms with van der Waals surface area (Å²) in [4.78, 5) is 25.9. The maximum absolute atomic E-state index is 13.8. The Labute approximate surface area is 181 Å². The lowest BCUT2D eigenvalue weighted by molar-refractivity contribution is -0.296. The Kier molecular flexibility index (Phi) is 4.87. The highest BCUT2D eigenvalue weighted by Crippen LogP contribution is 2.66. The highest BCUT2D eigenvalue weighted by molar-refractivity contribution is 5.93. The first-order valence-corrected chi connectivity index (χ1v) is 11.1. The van der Waals surface area contributed by atoms with E-state index in [9.17, 15) is 35.1 Å². The Hall–Kier alpha value is -1.32. The van der Waals surface area contributed by atoms with Crippen LogP contribution in [0.5, 0.6) is 0 Å². The predicted octanol–water partition coefficient (Wildman–Crippen LogP) is 0.228. The van der Waals surface area contributed by atoms with E-state index in [0.717, 1.165) is 0 Å². The molecule has 4 aliphatic carbocycles. The molecular formula is C23H34O8. The maximum atomic E-state index is 13.8. The molecule has 0 unspecified atom stereocenters. The monoisotopic (exact) mass is 438 g/mol. The zero-order valence-corrected chi connectivity index (χ0v) is 18.8. The summed E-state index contributed by atoms with van der Waals surface area (Å²) in [5.41, 5.74) is -5.54. The largest absolute Gasteiger partial charge is 0.459 e. The lowest BCUT2D eigenvalue weighted by atomic mass is 9.41. The third kappa shape index (κ3) is 2.54. The SMILES string of the molecule is CC(=O)O[C@@]12CC[C@@H]1C[C@H](O)[C@@]1(C)C(=O)[C@H](O)C3=C(C)[C@@H](O)C[C@@](O)([C@@H](O)[C@H]21)C3(C)C. The van der Waals surface area contributed by atoms with Crippen LogP contribution in [0, 0.1) is 22.7 Å². The van der Waals surface area contributed by atoms with Crippen LogP contribution in [-0.2, 0) is 14.3 Å². The number of ketones is 1. The van der Waals surface area contributed by atoms with Crippen LogP contribution >= 0.6 is 0 Å². The van der Waals surface area contributed by atoms with E-state index in [1.807, 2.05) is 0 Å². The molecule has 0 heterocycles. The van der Waals surface area contributed by atoms with Crippen LogP contribution in [0.25, 0.3) is 0 Å². The molecule has 0 saturated heterocycles. The van der Waals surface area contributed by atoms with Gasteiger partial charge in [0.05, 0.1) is 23.7 Å². The van der Waals surface area contributed by atoms with Crippen LogP contribution in [0.2, 0.25) is 0 Å². The van der Waals surface area contributed by atoms with Gasteiger partial charge in [-0.05, 0) is 44.3 Å². The Morgan fingerprint density at radius 1 is 1.13 bits per heavy atom. The summed E-state index contributed by atoms with van der Waals surface area (Å²) in [6.07, 6.45) is -4.63. The van der Waals surface area contributed by atoms with Gasteiger partial charge in [0.1, 0.15) is 17.3 Å². The zero-order valence-electron chi connectivity index (χ0n) is 18.8. The Morgan fingerprint density at radius 3 is 2.26 bits per heavy atom. The number of carbonyl (C=O) groups is 2. The van der Waals surface area contributed by atoms with Crippen molar-refractivity contribution < 1.29 is 39.9 Å². The second kappa shape index (κ2) is 6.60. The fourth-order valence-corrected chi connectivity index (χ4v) is 7.32. The minimum atomic E-state index is -1.93. The molecule has 0 aromatic heterocycles. The van der Waals surface area contributed by atoms with E-state index in [2.05, 4.69) is 0 Å². The Balaban J connectivity index is 2.02. The van der Waals surface area contributed by atoms with Crippen LogP contribution in [0.4, 0.5) is 0 Å². The lowest BCUT2D eigenvalue weighted by Gasteiger charge is -2.67. The highest BCUT2D eigenvalue weighted by Gasteiger charge is 2.75. The Morgan fingerprint density at radius 2 is 1.74 bits per heavy atom. The molecule has 8 heteroatoms. The molecule has 0 aromatic carbocycles. The van der Waals surface area contributed by atoms with Gasteiger partial charge in [0.2, 0.25) is 0 Å². The van der Waals surface area contributed by atoms with E-state index in [1.165, 1.54) is 13.8 Å². The molecule has 3 fully saturated rings. The maximum Gasteiger partial charge on any atom is 0.303 e. The molecule has 3 saturated carbocycles. The summed E-state index contributed by atoms with van der Waals surface area (Å²) in [7, 11) is 0. The smallest absolute Gasteiger partial charge is 0.303 e. The molecule has 0 aromatic rings.